The molecule has 1 aromatic carbocycles. The van der Waals surface area contributed by atoms with Crippen LogP contribution in [-0.4, -0.2) is 23.5 Å². The van der Waals surface area contributed by atoms with Gasteiger partial charge in [-0.1, -0.05) is 18.5 Å². The molecule has 0 aliphatic heterocycles. The summed E-state index contributed by atoms with van der Waals surface area (Å²) < 4.78 is 0.722. The van der Waals surface area contributed by atoms with Crippen LogP contribution in [-0.2, 0) is 4.79 Å². The molecule has 0 aliphatic carbocycles. The number of aliphatic carboxylic acids is 1. The van der Waals surface area contributed by atoms with Gasteiger partial charge in [-0.25, -0.2) is 0 Å². The van der Waals surface area contributed by atoms with Crippen molar-refractivity contribution in [2.45, 2.75) is 13.3 Å². The van der Waals surface area contributed by atoms with Crippen LogP contribution >= 0.6 is 27.5 Å². The predicted octanol–water partition coefficient (Wildman–Crippen LogP) is 2.94. The molecule has 1 rings (SSSR count). The molecule has 0 saturated carbocycles. The van der Waals surface area contributed by atoms with Crippen LogP contribution in [0, 0.1) is 5.92 Å². The van der Waals surface area contributed by atoms with Crippen LogP contribution in [0.25, 0.3) is 0 Å². The molecule has 1 unspecified atom stereocenters. The van der Waals surface area contributed by atoms with E-state index >= 15 is 0 Å². The lowest BCUT2D eigenvalue weighted by molar-refractivity contribution is -0.141. The number of nitrogens with one attached hydrogen (secondary N) is 1. The first-order valence-electron chi connectivity index (χ1n) is 5.38. The van der Waals surface area contributed by atoms with Gasteiger partial charge >= 0.3 is 5.97 Å². The van der Waals surface area contributed by atoms with Crippen LogP contribution in [0.15, 0.2) is 22.7 Å². The topological polar surface area (TPSA) is 66.4 Å². The number of rotatable bonds is 5. The van der Waals surface area contributed by atoms with Crippen LogP contribution in [0.5, 0.6) is 0 Å². The summed E-state index contributed by atoms with van der Waals surface area (Å²) in [6, 6.07) is 4.89. The first-order chi connectivity index (χ1) is 8.41. The third-order valence-electron chi connectivity index (χ3n) is 2.47. The average molecular weight is 335 g/mol. The number of amides is 1. The van der Waals surface area contributed by atoms with Crippen LogP contribution < -0.4 is 5.32 Å². The third kappa shape index (κ3) is 4.31. The minimum Gasteiger partial charge on any atom is -0.481 e. The van der Waals surface area contributed by atoms with Crippen molar-refractivity contribution in [1.82, 2.24) is 5.32 Å². The molecule has 1 amide bonds. The molecule has 18 heavy (non-hydrogen) atoms. The molecule has 2 N–H and O–H groups in total. The van der Waals surface area contributed by atoms with Gasteiger partial charge in [0.25, 0.3) is 5.91 Å². The summed E-state index contributed by atoms with van der Waals surface area (Å²) in [5.74, 6) is -1.60. The van der Waals surface area contributed by atoms with Gasteiger partial charge in [-0.2, -0.15) is 0 Å². The van der Waals surface area contributed by atoms with E-state index in [2.05, 4.69) is 21.2 Å². The van der Waals surface area contributed by atoms with Crippen molar-refractivity contribution in [3.63, 3.8) is 0 Å². The van der Waals surface area contributed by atoms with Gasteiger partial charge in [0.2, 0.25) is 0 Å². The molecule has 1 aromatic rings. The molecule has 4 nitrogen and oxygen atoms in total. The molecule has 98 valence electrons. The Labute approximate surface area is 118 Å². The van der Waals surface area contributed by atoms with Gasteiger partial charge in [0.15, 0.2) is 0 Å². The fourth-order valence-corrected chi connectivity index (χ4v) is 1.69. The first-order valence-corrected chi connectivity index (χ1v) is 6.55. The lowest BCUT2D eigenvalue weighted by atomic mass is 10.1. The van der Waals surface area contributed by atoms with Crippen molar-refractivity contribution in [2.75, 3.05) is 6.54 Å². The standard InChI is InChI=1S/C12H13BrClNO3/c1-7(12(17)18)4-5-15-11(16)8-2-3-9(13)10(14)6-8/h2-3,6-7H,4-5H2,1H3,(H,15,16)(H,17,18). The Morgan fingerprint density at radius 1 is 1.50 bits per heavy atom. The average Bonchev–Trinajstić information content (AvgIpc) is 2.32. The molecule has 1 atom stereocenters. The Bertz CT molecular complexity index is 465. The molecular weight excluding hydrogens is 321 g/mol. The molecule has 0 saturated heterocycles. The smallest absolute Gasteiger partial charge is 0.306 e. The number of hydrogen-bond acceptors (Lipinski definition) is 2. The largest absolute Gasteiger partial charge is 0.481 e. The zero-order valence-corrected chi connectivity index (χ0v) is 12.1. The third-order valence-corrected chi connectivity index (χ3v) is 3.70. The summed E-state index contributed by atoms with van der Waals surface area (Å²) in [4.78, 5) is 22.3. The van der Waals surface area contributed by atoms with Crippen molar-refractivity contribution in [1.29, 1.82) is 0 Å². The minimum absolute atomic E-state index is 0.262. The van der Waals surface area contributed by atoms with Crippen molar-refractivity contribution in [2.24, 2.45) is 5.92 Å². The fourth-order valence-electron chi connectivity index (χ4n) is 1.27. The van der Waals surface area contributed by atoms with Gasteiger partial charge in [0, 0.05) is 16.6 Å². The van der Waals surface area contributed by atoms with Crippen molar-refractivity contribution in [3.8, 4) is 0 Å². The molecule has 0 aliphatic rings. The molecule has 6 heteroatoms. The van der Waals surface area contributed by atoms with Gasteiger partial charge in [-0.15, -0.1) is 0 Å². The number of carbonyl (C=O) groups is 2. The maximum absolute atomic E-state index is 11.7. The quantitative estimate of drug-likeness (QED) is 0.870. The van der Waals surface area contributed by atoms with E-state index in [1.165, 1.54) is 0 Å². The number of carboxylic acids is 1. The molecular formula is C12H13BrClNO3. The van der Waals surface area contributed by atoms with Crippen LogP contribution in [0.3, 0.4) is 0 Å². The van der Waals surface area contributed by atoms with Gasteiger partial charge in [-0.05, 0) is 40.5 Å². The molecule has 0 spiro atoms. The summed E-state index contributed by atoms with van der Waals surface area (Å²) in [5, 5.41) is 11.8. The molecule has 0 aromatic heterocycles. The molecule has 0 heterocycles. The van der Waals surface area contributed by atoms with Gasteiger partial charge in [0.1, 0.15) is 0 Å². The fraction of sp³-hybridized carbons (Fsp3) is 0.333. The Morgan fingerprint density at radius 2 is 2.17 bits per heavy atom. The summed E-state index contributed by atoms with van der Waals surface area (Å²) in [6.45, 7) is 1.92. The van der Waals surface area contributed by atoms with Crippen molar-refractivity contribution in [3.05, 3.63) is 33.3 Å². The highest BCUT2D eigenvalue weighted by molar-refractivity contribution is 9.10. The highest BCUT2D eigenvalue weighted by Gasteiger charge is 2.12. The van der Waals surface area contributed by atoms with E-state index in [4.69, 9.17) is 16.7 Å². The monoisotopic (exact) mass is 333 g/mol. The predicted molar refractivity (Wildman–Crippen MR) is 72.9 cm³/mol. The zero-order chi connectivity index (χ0) is 13.7. The van der Waals surface area contributed by atoms with E-state index in [1.807, 2.05) is 0 Å². The lowest BCUT2D eigenvalue weighted by Crippen LogP contribution is -2.27. The molecule has 0 fully saturated rings. The number of carboxylic acid groups (broad SMARTS) is 1. The van der Waals surface area contributed by atoms with E-state index in [0.29, 0.717) is 23.6 Å². The summed E-state index contributed by atoms with van der Waals surface area (Å²) in [5.41, 5.74) is 0.450. The van der Waals surface area contributed by atoms with Gasteiger partial charge < -0.3 is 10.4 Å². The number of halogens is 2. The zero-order valence-electron chi connectivity index (χ0n) is 9.74. The van der Waals surface area contributed by atoms with Crippen LogP contribution in [0.1, 0.15) is 23.7 Å². The van der Waals surface area contributed by atoms with E-state index in [9.17, 15) is 9.59 Å². The second-order valence-corrected chi connectivity index (χ2v) is 5.17. The van der Waals surface area contributed by atoms with E-state index < -0.39 is 11.9 Å². The van der Waals surface area contributed by atoms with Crippen molar-refractivity contribution >= 4 is 39.4 Å². The van der Waals surface area contributed by atoms with E-state index in [1.54, 1.807) is 25.1 Å². The number of carbonyl (C=O) groups excluding carboxylic acids is 1. The number of hydrogen-bond donors (Lipinski definition) is 2. The highest BCUT2D eigenvalue weighted by atomic mass is 79.9. The van der Waals surface area contributed by atoms with Crippen LogP contribution in [0.4, 0.5) is 0 Å². The number of benzene rings is 1. The minimum atomic E-state index is -0.865. The Kier molecular flexibility index (Phi) is 5.62. The van der Waals surface area contributed by atoms with Crippen molar-refractivity contribution < 1.29 is 14.7 Å². The maximum Gasteiger partial charge on any atom is 0.306 e. The summed E-state index contributed by atoms with van der Waals surface area (Å²) >= 11 is 9.12. The lowest BCUT2D eigenvalue weighted by Gasteiger charge is -2.08. The SMILES string of the molecule is CC(CCNC(=O)c1ccc(Br)c(Cl)c1)C(=O)O. The summed E-state index contributed by atoms with van der Waals surface area (Å²) in [6.07, 6.45) is 0.394. The van der Waals surface area contributed by atoms with E-state index in [-0.39, 0.29) is 5.91 Å². The Morgan fingerprint density at radius 3 is 2.72 bits per heavy atom. The van der Waals surface area contributed by atoms with Crippen LogP contribution in [0.2, 0.25) is 5.02 Å². The maximum atomic E-state index is 11.7. The Hall–Kier alpha value is -1.07. The van der Waals surface area contributed by atoms with E-state index in [0.717, 1.165) is 4.47 Å². The highest BCUT2D eigenvalue weighted by Crippen LogP contribution is 2.23. The van der Waals surface area contributed by atoms with Gasteiger partial charge in [-0.3, -0.25) is 9.59 Å². The molecule has 0 bridgehead atoms. The summed E-state index contributed by atoms with van der Waals surface area (Å²) in [7, 11) is 0. The molecule has 0 radical (unpaired) electrons. The van der Waals surface area contributed by atoms with Gasteiger partial charge in [0.05, 0.1) is 10.9 Å². The second kappa shape index (κ2) is 6.75. The normalized spacial score (nSPS) is 11.9. The Balaban J connectivity index is 2.50. The first kappa shape index (κ1) is 15.0. The second-order valence-electron chi connectivity index (χ2n) is 3.91.